The third kappa shape index (κ3) is 9.17. The van der Waals surface area contributed by atoms with E-state index in [9.17, 15) is 8.42 Å². The summed E-state index contributed by atoms with van der Waals surface area (Å²) in [6.45, 7) is 1.97. The van der Waals surface area contributed by atoms with Crippen LogP contribution in [0.2, 0.25) is 0 Å². The van der Waals surface area contributed by atoms with E-state index in [2.05, 4.69) is 16.8 Å². The molecule has 0 saturated heterocycles. The van der Waals surface area contributed by atoms with Crippen LogP contribution in [0, 0.1) is 0 Å². The van der Waals surface area contributed by atoms with Crippen LogP contribution < -0.4 is 29.6 Å². The normalized spacial score (nSPS) is 10.7. The molecule has 0 saturated carbocycles. The van der Waals surface area contributed by atoms with Gasteiger partial charge in [0.25, 0.3) is 10.1 Å². The summed E-state index contributed by atoms with van der Waals surface area (Å²) in [5.41, 5.74) is 0. The average molecular weight is 208 g/mol. The smallest absolute Gasteiger partial charge is 1.00 e. The molecule has 0 aliphatic carbocycles. The fourth-order valence-electron chi connectivity index (χ4n) is 0.473. The predicted molar refractivity (Wildman–Crippen MR) is 45.0 cm³/mol. The second-order valence-corrected chi connectivity index (χ2v) is 4.01. The summed E-state index contributed by atoms with van der Waals surface area (Å²) >= 11 is 3.81. The van der Waals surface area contributed by atoms with E-state index in [1.165, 1.54) is 0 Å². The van der Waals surface area contributed by atoms with E-state index >= 15 is 0 Å². The van der Waals surface area contributed by atoms with E-state index in [-0.39, 0.29) is 43.3 Å². The maximum Gasteiger partial charge on any atom is 1.00 e. The Labute approximate surface area is 97.2 Å². The number of thiol groups is 1. The summed E-state index contributed by atoms with van der Waals surface area (Å²) in [7, 11) is -3.24. The standard InChI is InChI=1S/C5H12O3S2.Na.H/c1-2-5-10(6,7)8-3-4-9;;/h9H,2-5H2,1H3;;/q;+1;-1. The van der Waals surface area contributed by atoms with Crippen molar-refractivity contribution in [2.75, 3.05) is 18.1 Å². The average Bonchev–Trinajstić information content (AvgIpc) is 1.84. The zero-order valence-corrected chi connectivity index (χ0v) is 10.6. The van der Waals surface area contributed by atoms with Gasteiger partial charge in [0, 0.05) is 5.75 Å². The predicted octanol–water partition coefficient (Wildman–Crippen LogP) is -2.21. The van der Waals surface area contributed by atoms with Gasteiger partial charge in [0.15, 0.2) is 0 Å². The SMILES string of the molecule is CCCS(=O)(=O)OCCS.[H-].[Na+]. The molecule has 11 heavy (non-hydrogen) atoms. The first-order chi connectivity index (χ1) is 4.62. The van der Waals surface area contributed by atoms with Crippen LogP contribution in [0.4, 0.5) is 0 Å². The summed E-state index contributed by atoms with van der Waals surface area (Å²) in [5.74, 6) is 0.531. The molecule has 0 bridgehead atoms. The van der Waals surface area contributed by atoms with Gasteiger partial charge < -0.3 is 1.43 Å². The van der Waals surface area contributed by atoms with Gasteiger partial charge in [-0.3, -0.25) is 4.18 Å². The largest absolute Gasteiger partial charge is 1.00 e. The van der Waals surface area contributed by atoms with Gasteiger partial charge in [-0.2, -0.15) is 21.0 Å². The van der Waals surface area contributed by atoms with Gasteiger partial charge >= 0.3 is 29.6 Å². The summed E-state index contributed by atoms with van der Waals surface area (Å²) in [5, 5.41) is 0. The van der Waals surface area contributed by atoms with Crippen LogP contribution in [0.5, 0.6) is 0 Å². The van der Waals surface area contributed by atoms with Crippen molar-refractivity contribution in [1.29, 1.82) is 0 Å². The molecule has 0 atom stereocenters. The van der Waals surface area contributed by atoms with Gasteiger partial charge in [-0.1, -0.05) is 6.92 Å². The second kappa shape index (κ2) is 7.89. The first kappa shape index (κ1) is 14.8. The third-order valence-electron chi connectivity index (χ3n) is 0.808. The van der Waals surface area contributed by atoms with Crippen molar-refractivity contribution in [3.8, 4) is 0 Å². The van der Waals surface area contributed by atoms with Crippen LogP contribution in [-0.4, -0.2) is 26.5 Å². The fourth-order valence-corrected chi connectivity index (χ4v) is 1.64. The van der Waals surface area contributed by atoms with Crippen LogP contribution in [-0.2, 0) is 14.3 Å². The minimum absolute atomic E-state index is 0. The van der Waals surface area contributed by atoms with Crippen LogP contribution in [0.3, 0.4) is 0 Å². The zero-order valence-electron chi connectivity index (χ0n) is 7.91. The van der Waals surface area contributed by atoms with E-state index in [0.717, 1.165) is 0 Å². The molecule has 0 unspecified atom stereocenters. The minimum atomic E-state index is -3.24. The Bertz CT molecular complexity index is 172. The van der Waals surface area contributed by atoms with Crippen molar-refractivity contribution in [1.82, 2.24) is 0 Å². The van der Waals surface area contributed by atoms with Crippen LogP contribution >= 0.6 is 12.6 Å². The van der Waals surface area contributed by atoms with Gasteiger partial charge in [0.05, 0.1) is 12.4 Å². The van der Waals surface area contributed by atoms with E-state index in [1.54, 1.807) is 6.92 Å². The summed E-state index contributed by atoms with van der Waals surface area (Å²) < 4.78 is 26.0. The first-order valence-corrected chi connectivity index (χ1v) is 5.31. The molecule has 0 spiro atoms. The van der Waals surface area contributed by atoms with Crippen molar-refractivity contribution in [3.63, 3.8) is 0 Å². The molecule has 0 aromatic carbocycles. The Kier molecular flexibility index (Phi) is 10.6. The summed E-state index contributed by atoms with van der Waals surface area (Å²) in [4.78, 5) is 0. The van der Waals surface area contributed by atoms with Gasteiger partial charge in [-0.25, -0.2) is 0 Å². The van der Waals surface area contributed by atoms with E-state index in [1.807, 2.05) is 0 Å². The minimum Gasteiger partial charge on any atom is -1.00 e. The maximum absolute atomic E-state index is 10.7. The van der Waals surface area contributed by atoms with Gasteiger partial charge in [0.1, 0.15) is 0 Å². The summed E-state index contributed by atoms with van der Waals surface area (Å²) in [6.07, 6.45) is 0.592. The Morgan fingerprint density at radius 3 is 2.45 bits per heavy atom. The number of hydrogen-bond donors (Lipinski definition) is 1. The molecule has 0 aliphatic heterocycles. The molecule has 0 rings (SSSR count). The molecular formula is C5H13NaO3S2. The van der Waals surface area contributed by atoms with Crippen molar-refractivity contribution >= 4 is 22.7 Å². The van der Waals surface area contributed by atoms with Gasteiger partial charge in [-0.05, 0) is 6.42 Å². The molecule has 0 fully saturated rings. The quantitative estimate of drug-likeness (QED) is 0.316. The van der Waals surface area contributed by atoms with E-state index in [0.29, 0.717) is 12.2 Å². The van der Waals surface area contributed by atoms with Crippen LogP contribution in [0.1, 0.15) is 14.8 Å². The molecule has 6 heteroatoms. The Morgan fingerprint density at radius 2 is 2.09 bits per heavy atom. The molecule has 3 nitrogen and oxygen atoms in total. The molecule has 0 heterocycles. The molecule has 0 radical (unpaired) electrons. The molecule has 64 valence electrons. The molecular weight excluding hydrogens is 195 g/mol. The van der Waals surface area contributed by atoms with Crippen molar-refractivity contribution in [2.24, 2.45) is 0 Å². The fraction of sp³-hybridized carbons (Fsp3) is 1.00. The zero-order chi connectivity index (χ0) is 8.04. The number of hydrogen-bond acceptors (Lipinski definition) is 4. The van der Waals surface area contributed by atoms with Crippen molar-refractivity contribution in [2.45, 2.75) is 13.3 Å². The monoisotopic (exact) mass is 208 g/mol. The first-order valence-electron chi connectivity index (χ1n) is 3.10. The second-order valence-electron chi connectivity index (χ2n) is 1.81. The van der Waals surface area contributed by atoms with Crippen molar-refractivity contribution < 1.29 is 43.6 Å². The van der Waals surface area contributed by atoms with Crippen molar-refractivity contribution in [3.05, 3.63) is 0 Å². The van der Waals surface area contributed by atoms with E-state index in [4.69, 9.17) is 0 Å². The molecule has 0 aromatic heterocycles. The third-order valence-corrected chi connectivity index (χ3v) is 2.42. The Morgan fingerprint density at radius 1 is 1.55 bits per heavy atom. The van der Waals surface area contributed by atoms with Gasteiger partial charge in [0.2, 0.25) is 0 Å². The van der Waals surface area contributed by atoms with E-state index < -0.39 is 10.1 Å². The molecule has 0 amide bonds. The molecule has 0 aliphatic rings. The molecule has 0 N–H and O–H groups in total. The maximum atomic E-state index is 10.7. The Balaban J connectivity index is -0.000000405. The molecule has 0 aromatic rings. The topological polar surface area (TPSA) is 43.4 Å². The Hall–Kier alpha value is 1.26. The number of rotatable bonds is 5. The van der Waals surface area contributed by atoms with Crippen LogP contribution in [0.25, 0.3) is 0 Å². The van der Waals surface area contributed by atoms with Gasteiger partial charge in [-0.15, -0.1) is 0 Å². The summed E-state index contributed by atoms with van der Waals surface area (Å²) in [6, 6.07) is 0. The van der Waals surface area contributed by atoms with Crippen LogP contribution in [0.15, 0.2) is 0 Å².